The third-order valence-corrected chi connectivity index (χ3v) is 6.16. The van der Waals surface area contributed by atoms with Gasteiger partial charge in [0.15, 0.2) is 9.84 Å². The molecule has 0 aliphatic carbocycles. The summed E-state index contributed by atoms with van der Waals surface area (Å²) in [6, 6.07) is 10.5. The number of hydrogen-bond donors (Lipinski definition) is 2. The van der Waals surface area contributed by atoms with Gasteiger partial charge in [-0.2, -0.15) is 0 Å². The lowest BCUT2D eigenvalue weighted by Crippen LogP contribution is -2.51. The monoisotopic (exact) mass is 399 g/mol. The van der Waals surface area contributed by atoms with Gasteiger partial charge in [-0.1, -0.05) is 29.8 Å². The van der Waals surface area contributed by atoms with E-state index < -0.39 is 33.2 Å². The van der Waals surface area contributed by atoms with Crippen LogP contribution in [0.2, 0.25) is 0 Å². The SMILES string of the molecule is Cc1ccc2c(c1)[C@]1(C(=O)NC(=O)N1Cc1ccc(S(C)(=O)=O)cc1)C(=O)N2. The summed E-state index contributed by atoms with van der Waals surface area (Å²) in [5.41, 5.74) is 0.560. The van der Waals surface area contributed by atoms with Gasteiger partial charge in [-0.25, -0.2) is 13.2 Å². The van der Waals surface area contributed by atoms with Crippen molar-refractivity contribution >= 4 is 33.4 Å². The van der Waals surface area contributed by atoms with Crippen molar-refractivity contribution in [2.75, 3.05) is 11.6 Å². The Kier molecular flexibility index (Phi) is 3.83. The van der Waals surface area contributed by atoms with Gasteiger partial charge in [0.1, 0.15) is 0 Å². The molecule has 4 rings (SSSR count). The minimum Gasteiger partial charge on any atom is -0.323 e. The van der Waals surface area contributed by atoms with E-state index in [1.165, 1.54) is 17.0 Å². The Labute approximate surface area is 161 Å². The van der Waals surface area contributed by atoms with Gasteiger partial charge in [-0.15, -0.1) is 0 Å². The van der Waals surface area contributed by atoms with Crippen molar-refractivity contribution in [1.29, 1.82) is 0 Å². The fourth-order valence-corrected chi connectivity index (χ4v) is 4.27. The molecule has 0 aromatic heterocycles. The van der Waals surface area contributed by atoms with Crippen molar-refractivity contribution in [2.24, 2.45) is 0 Å². The maximum atomic E-state index is 12.9. The van der Waals surface area contributed by atoms with E-state index in [1.54, 1.807) is 30.3 Å². The molecule has 2 N–H and O–H groups in total. The summed E-state index contributed by atoms with van der Waals surface area (Å²) in [4.78, 5) is 39.5. The molecule has 4 amide bonds. The molecule has 28 heavy (non-hydrogen) atoms. The van der Waals surface area contributed by atoms with Crippen LogP contribution in [0.4, 0.5) is 10.5 Å². The van der Waals surface area contributed by atoms with E-state index in [-0.39, 0.29) is 11.4 Å². The van der Waals surface area contributed by atoms with Gasteiger partial charge in [0.25, 0.3) is 11.8 Å². The van der Waals surface area contributed by atoms with E-state index in [2.05, 4.69) is 10.6 Å². The van der Waals surface area contributed by atoms with E-state index in [4.69, 9.17) is 0 Å². The average molecular weight is 399 g/mol. The van der Waals surface area contributed by atoms with Crippen molar-refractivity contribution in [3.05, 3.63) is 59.2 Å². The second-order valence-corrected chi connectivity index (χ2v) is 8.99. The van der Waals surface area contributed by atoms with Gasteiger partial charge in [0, 0.05) is 24.1 Å². The molecule has 8 nitrogen and oxygen atoms in total. The van der Waals surface area contributed by atoms with Crippen molar-refractivity contribution in [1.82, 2.24) is 10.2 Å². The van der Waals surface area contributed by atoms with Gasteiger partial charge < -0.3 is 5.32 Å². The standard InChI is InChI=1S/C19H17N3O5S/c1-11-3-8-15-14(9-11)19(16(23)20-15)17(24)21-18(25)22(19)10-12-4-6-13(7-5-12)28(2,26)27/h3-9H,10H2,1-2H3,(H,20,23)(H,21,24,25)/t19-/m1/s1. The van der Waals surface area contributed by atoms with Gasteiger partial charge in [0.05, 0.1) is 4.90 Å². The lowest BCUT2D eigenvalue weighted by Gasteiger charge is -2.30. The minimum atomic E-state index is -3.35. The molecular formula is C19H17N3O5S. The zero-order valence-corrected chi connectivity index (χ0v) is 16.0. The summed E-state index contributed by atoms with van der Waals surface area (Å²) in [7, 11) is -3.35. The highest BCUT2D eigenvalue weighted by molar-refractivity contribution is 7.90. The number of hydrogen-bond acceptors (Lipinski definition) is 5. The number of urea groups is 1. The van der Waals surface area contributed by atoms with Crippen LogP contribution in [0.5, 0.6) is 0 Å². The van der Waals surface area contributed by atoms with Gasteiger partial charge in [-0.05, 0) is 30.7 Å². The zero-order chi connectivity index (χ0) is 20.3. The first kappa shape index (κ1) is 18.2. The smallest absolute Gasteiger partial charge is 0.323 e. The van der Waals surface area contributed by atoms with E-state index in [0.717, 1.165) is 11.8 Å². The molecule has 1 atom stereocenters. The fraction of sp³-hybridized carbons (Fsp3) is 0.211. The van der Waals surface area contributed by atoms with Crippen LogP contribution in [-0.2, 0) is 31.5 Å². The van der Waals surface area contributed by atoms with Crippen molar-refractivity contribution in [3.8, 4) is 0 Å². The van der Waals surface area contributed by atoms with Crippen LogP contribution >= 0.6 is 0 Å². The Bertz CT molecular complexity index is 1140. The van der Waals surface area contributed by atoms with E-state index >= 15 is 0 Å². The fourth-order valence-electron chi connectivity index (χ4n) is 3.64. The Morgan fingerprint density at radius 2 is 1.61 bits per heavy atom. The van der Waals surface area contributed by atoms with Crippen LogP contribution in [0, 0.1) is 6.92 Å². The minimum absolute atomic E-state index is 0.0393. The number of imide groups is 1. The van der Waals surface area contributed by atoms with Crippen LogP contribution in [0.3, 0.4) is 0 Å². The lowest BCUT2D eigenvalue weighted by molar-refractivity contribution is -0.137. The molecule has 2 aliphatic heterocycles. The molecule has 144 valence electrons. The predicted octanol–water partition coefficient (Wildman–Crippen LogP) is 1.30. The number of amides is 4. The number of fused-ring (bicyclic) bond motifs is 2. The average Bonchev–Trinajstić information content (AvgIpc) is 3.04. The van der Waals surface area contributed by atoms with Crippen molar-refractivity contribution in [3.63, 3.8) is 0 Å². The number of carbonyl (C=O) groups is 3. The van der Waals surface area contributed by atoms with Crippen molar-refractivity contribution in [2.45, 2.75) is 23.9 Å². The molecule has 1 fully saturated rings. The molecule has 1 saturated heterocycles. The number of aryl methyl sites for hydroxylation is 1. The normalized spacial score (nSPS) is 21.1. The van der Waals surface area contributed by atoms with E-state index in [1.807, 2.05) is 6.92 Å². The number of rotatable bonds is 3. The molecule has 0 saturated carbocycles. The Hall–Kier alpha value is -3.20. The summed E-state index contributed by atoms with van der Waals surface area (Å²) in [6.45, 7) is 1.79. The molecule has 2 aromatic rings. The van der Waals surface area contributed by atoms with Crippen LogP contribution in [0.1, 0.15) is 16.7 Å². The highest BCUT2D eigenvalue weighted by atomic mass is 32.2. The predicted molar refractivity (Wildman–Crippen MR) is 100 cm³/mol. The quantitative estimate of drug-likeness (QED) is 0.597. The molecule has 1 spiro atoms. The molecule has 2 aliphatic rings. The summed E-state index contributed by atoms with van der Waals surface area (Å²) >= 11 is 0. The van der Waals surface area contributed by atoms with Crippen molar-refractivity contribution < 1.29 is 22.8 Å². The largest absolute Gasteiger partial charge is 0.326 e. The van der Waals surface area contributed by atoms with Gasteiger partial charge >= 0.3 is 6.03 Å². The Morgan fingerprint density at radius 1 is 0.964 bits per heavy atom. The molecule has 0 bridgehead atoms. The molecule has 2 aromatic carbocycles. The summed E-state index contributed by atoms with van der Waals surface area (Å²) in [5.74, 6) is -1.30. The Morgan fingerprint density at radius 3 is 2.25 bits per heavy atom. The zero-order valence-electron chi connectivity index (χ0n) is 15.1. The summed E-state index contributed by atoms with van der Waals surface area (Å²) in [5, 5.41) is 4.92. The highest BCUT2D eigenvalue weighted by Crippen LogP contribution is 2.44. The number of sulfone groups is 1. The van der Waals surface area contributed by atoms with Crippen LogP contribution in [0.25, 0.3) is 0 Å². The van der Waals surface area contributed by atoms with E-state index in [0.29, 0.717) is 16.8 Å². The maximum Gasteiger partial charge on any atom is 0.326 e. The molecule has 2 heterocycles. The summed E-state index contributed by atoms with van der Waals surface area (Å²) in [6.07, 6.45) is 1.10. The number of carbonyl (C=O) groups excluding carboxylic acids is 3. The molecule has 0 unspecified atom stereocenters. The second kappa shape index (κ2) is 5.90. The third-order valence-electron chi connectivity index (χ3n) is 5.03. The topological polar surface area (TPSA) is 113 Å². The lowest BCUT2D eigenvalue weighted by atomic mass is 9.88. The second-order valence-electron chi connectivity index (χ2n) is 6.98. The van der Waals surface area contributed by atoms with Crippen LogP contribution in [0.15, 0.2) is 47.4 Å². The first-order valence-corrected chi connectivity index (χ1v) is 10.4. The first-order chi connectivity index (χ1) is 13.1. The molecule has 9 heteroatoms. The first-order valence-electron chi connectivity index (χ1n) is 8.48. The number of benzene rings is 2. The third kappa shape index (κ3) is 2.50. The molecule has 0 radical (unpaired) electrons. The highest BCUT2D eigenvalue weighted by Gasteiger charge is 2.63. The Balaban J connectivity index is 1.79. The number of nitrogens with one attached hydrogen (secondary N) is 2. The van der Waals surface area contributed by atoms with Crippen LogP contribution < -0.4 is 10.6 Å². The van der Waals surface area contributed by atoms with Crippen LogP contribution in [-0.4, -0.2) is 37.4 Å². The maximum absolute atomic E-state index is 12.9. The van der Waals surface area contributed by atoms with Gasteiger partial charge in [-0.3, -0.25) is 19.8 Å². The van der Waals surface area contributed by atoms with Gasteiger partial charge in [0.2, 0.25) is 5.54 Å². The molecular weight excluding hydrogens is 382 g/mol. The number of anilines is 1. The number of nitrogens with zero attached hydrogens (tertiary/aromatic N) is 1. The summed E-state index contributed by atoms with van der Waals surface area (Å²) < 4.78 is 23.3. The van der Waals surface area contributed by atoms with E-state index in [9.17, 15) is 22.8 Å².